The average Bonchev–Trinajstić information content (AvgIpc) is 2.31. The van der Waals surface area contributed by atoms with Crippen LogP contribution >= 0.6 is 0 Å². The van der Waals surface area contributed by atoms with Gasteiger partial charge < -0.3 is 10.3 Å². The molecular formula is C7H10N2O2. The molecule has 1 aromatic rings. The quantitative estimate of drug-likeness (QED) is 0.685. The molecule has 0 aliphatic carbocycles. The van der Waals surface area contributed by atoms with Crippen LogP contribution in [0.3, 0.4) is 0 Å². The van der Waals surface area contributed by atoms with Gasteiger partial charge in [0.25, 0.3) is 0 Å². The number of nitrogens with zero attached hydrogens (tertiary/aromatic N) is 1. The third-order valence-corrected chi connectivity index (χ3v) is 1.29. The summed E-state index contributed by atoms with van der Waals surface area (Å²) in [5.74, 6) is 0.389. The Morgan fingerprint density at radius 1 is 1.82 bits per heavy atom. The smallest absolute Gasteiger partial charge is 0.217 e. The highest BCUT2D eigenvalue weighted by Gasteiger charge is 2.01. The fourth-order valence-corrected chi connectivity index (χ4v) is 0.781. The Hall–Kier alpha value is -1.32. The van der Waals surface area contributed by atoms with Crippen LogP contribution in [0.2, 0.25) is 0 Å². The second-order valence-electron chi connectivity index (χ2n) is 2.40. The molecule has 1 heterocycles. The van der Waals surface area contributed by atoms with E-state index in [0.29, 0.717) is 18.6 Å². The maximum Gasteiger partial charge on any atom is 0.217 e. The molecular weight excluding hydrogens is 144 g/mol. The fraction of sp³-hybridized carbons (Fsp3) is 0.429. The number of nitrogens with two attached hydrogens (primary N) is 1. The van der Waals surface area contributed by atoms with Gasteiger partial charge in [0.15, 0.2) is 0 Å². The molecule has 4 heteroatoms. The highest BCUT2D eigenvalue weighted by atomic mass is 16.5. The first-order chi connectivity index (χ1) is 5.18. The number of carbonyl (C=O) groups excluding carboxylic acids is 1. The molecule has 0 bridgehead atoms. The van der Waals surface area contributed by atoms with Crippen molar-refractivity contribution < 1.29 is 9.32 Å². The monoisotopic (exact) mass is 154 g/mol. The third kappa shape index (κ3) is 2.41. The topological polar surface area (TPSA) is 69.1 Å². The van der Waals surface area contributed by atoms with Crippen LogP contribution in [0.1, 0.15) is 17.9 Å². The Morgan fingerprint density at radius 2 is 2.55 bits per heavy atom. The van der Waals surface area contributed by atoms with Crippen LogP contribution in [-0.4, -0.2) is 11.1 Å². The number of aromatic nitrogens is 1. The molecule has 0 saturated heterocycles. The maximum absolute atomic E-state index is 10.3. The predicted molar refractivity (Wildman–Crippen MR) is 38.8 cm³/mol. The van der Waals surface area contributed by atoms with Crippen LogP contribution in [0, 0.1) is 6.92 Å². The van der Waals surface area contributed by atoms with Gasteiger partial charge >= 0.3 is 0 Å². The van der Waals surface area contributed by atoms with Crippen LogP contribution in [0.15, 0.2) is 10.6 Å². The van der Waals surface area contributed by atoms with E-state index in [1.165, 1.54) is 0 Å². The molecule has 1 rings (SSSR count). The first kappa shape index (κ1) is 7.78. The summed E-state index contributed by atoms with van der Waals surface area (Å²) < 4.78 is 4.86. The minimum Gasteiger partial charge on any atom is -0.370 e. The lowest BCUT2D eigenvalue weighted by molar-refractivity contribution is -0.118. The minimum atomic E-state index is -0.320. The van der Waals surface area contributed by atoms with Crippen molar-refractivity contribution >= 4 is 5.91 Å². The zero-order chi connectivity index (χ0) is 8.27. The van der Waals surface area contributed by atoms with Crippen molar-refractivity contribution in [3.63, 3.8) is 0 Å². The van der Waals surface area contributed by atoms with Gasteiger partial charge in [-0.3, -0.25) is 4.79 Å². The number of amides is 1. The lowest BCUT2D eigenvalue weighted by atomic mass is 10.2. The van der Waals surface area contributed by atoms with Crippen molar-refractivity contribution in [3.05, 3.63) is 17.5 Å². The summed E-state index contributed by atoms with van der Waals surface area (Å²) in [6.45, 7) is 1.83. The predicted octanol–water partition coefficient (Wildman–Crippen LogP) is 0.401. The zero-order valence-corrected chi connectivity index (χ0v) is 6.33. The third-order valence-electron chi connectivity index (χ3n) is 1.29. The Kier molecular flexibility index (Phi) is 2.25. The lowest BCUT2D eigenvalue weighted by Crippen LogP contribution is -2.10. The number of hydrogen-bond acceptors (Lipinski definition) is 3. The summed E-state index contributed by atoms with van der Waals surface area (Å²) in [5.41, 5.74) is 5.77. The minimum absolute atomic E-state index is 0.314. The number of primary amides is 1. The van der Waals surface area contributed by atoms with Gasteiger partial charge in [-0.05, 0) is 6.92 Å². The maximum atomic E-state index is 10.3. The van der Waals surface area contributed by atoms with E-state index in [2.05, 4.69) is 5.16 Å². The van der Waals surface area contributed by atoms with Crippen molar-refractivity contribution in [1.29, 1.82) is 0 Å². The summed E-state index contributed by atoms with van der Waals surface area (Å²) in [6.07, 6.45) is 0.852. The lowest BCUT2D eigenvalue weighted by Gasteiger charge is -1.88. The normalized spacial score (nSPS) is 9.91. The van der Waals surface area contributed by atoms with Gasteiger partial charge in [0.2, 0.25) is 5.91 Å². The molecule has 1 amide bonds. The van der Waals surface area contributed by atoms with E-state index < -0.39 is 0 Å². The number of aryl methyl sites for hydroxylation is 2. The Bertz CT molecular complexity index is 255. The molecule has 0 aliphatic rings. The molecule has 0 unspecified atom stereocenters. The number of carbonyl (C=O) groups is 1. The summed E-state index contributed by atoms with van der Waals surface area (Å²) in [5, 5.41) is 3.67. The Labute approximate surface area is 64.4 Å². The van der Waals surface area contributed by atoms with Crippen LogP contribution in [-0.2, 0) is 11.2 Å². The first-order valence-electron chi connectivity index (χ1n) is 3.39. The standard InChI is InChI=1S/C7H10N2O2/c1-5-4-6(11-9-5)2-3-7(8)10/h4H,2-3H2,1H3,(H2,8,10). The van der Waals surface area contributed by atoms with Crippen molar-refractivity contribution in [1.82, 2.24) is 5.16 Å². The number of hydrogen-bond donors (Lipinski definition) is 1. The van der Waals surface area contributed by atoms with E-state index >= 15 is 0 Å². The van der Waals surface area contributed by atoms with Gasteiger partial charge in [-0.25, -0.2) is 0 Å². The molecule has 0 aliphatic heterocycles. The molecule has 0 fully saturated rings. The van der Waals surface area contributed by atoms with Gasteiger partial charge in [-0.1, -0.05) is 5.16 Å². The van der Waals surface area contributed by atoms with Crippen molar-refractivity contribution in [3.8, 4) is 0 Å². The summed E-state index contributed by atoms with van der Waals surface area (Å²) >= 11 is 0. The summed E-state index contributed by atoms with van der Waals surface area (Å²) in [4.78, 5) is 10.3. The van der Waals surface area contributed by atoms with Gasteiger partial charge in [0, 0.05) is 18.9 Å². The first-order valence-corrected chi connectivity index (χ1v) is 3.39. The summed E-state index contributed by atoms with van der Waals surface area (Å²) in [7, 11) is 0. The van der Waals surface area contributed by atoms with Gasteiger partial charge in [-0.2, -0.15) is 0 Å². The van der Waals surface area contributed by atoms with E-state index in [-0.39, 0.29) is 5.91 Å². The highest BCUT2D eigenvalue weighted by Crippen LogP contribution is 2.04. The zero-order valence-electron chi connectivity index (χ0n) is 6.33. The van der Waals surface area contributed by atoms with Crippen molar-refractivity contribution in [2.75, 3.05) is 0 Å². The Morgan fingerprint density at radius 3 is 3.00 bits per heavy atom. The van der Waals surface area contributed by atoms with Gasteiger partial charge in [0.05, 0.1) is 5.69 Å². The summed E-state index contributed by atoms with van der Waals surface area (Å²) in [6, 6.07) is 1.79. The van der Waals surface area contributed by atoms with E-state index in [4.69, 9.17) is 10.3 Å². The molecule has 1 aromatic heterocycles. The second kappa shape index (κ2) is 3.18. The Balaban J connectivity index is 2.45. The van der Waals surface area contributed by atoms with Crippen molar-refractivity contribution in [2.45, 2.75) is 19.8 Å². The van der Waals surface area contributed by atoms with E-state index in [9.17, 15) is 4.79 Å². The largest absolute Gasteiger partial charge is 0.370 e. The second-order valence-corrected chi connectivity index (χ2v) is 2.40. The molecule has 11 heavy (non-hydrogen) atoms. The molecule has 0 spiro atoms. The molecule has 4 nitrogen and oxygen atoms in total. The molecule has 0 saturated carbocycles. The van der Waals surface area contributed by atoms with Crippen LogP contribution in [0.25, 0.3) is 0 Å². The van der Waals surface area contributed by atoms with Crippen LogP contribution in [0.5, 0.6) is 0 Å². The van der Waals surface area contributed by atoms with Gasteiger partial charge in [-0.15, -0.1) is 0 Å². The van der Waals surface area contributed by atoms with E-state index in [0.717, 1.165) is 5.69 Å². The van der Waals surface area contributed by atoms with Gasteiger partial charge in [0.1, 0.15) is 5.76 Å². The van der Waals surface area contributed by atoms with Crippen molar-refractivity contribution in [2.24, 2.45) is 5.73 Å². The molecule has 0 atom stereocenters. The molecule has 60 valence electrons. The SMILES string of the molecule is Cc1cc(CCC(N)=O)on1. The van der Waals surface area contributed by atoms with Crippen LogP contribution < -0.4 is 5.73 Å². The molecule has 2 N–H and O–H groups in total. The molecule has 0 radical (unpaired) electrons. The number of rotatable bonds is 3. The van der Waals surface area contributed by atoms with E-state index in [1.54, 1.807) is 6.07 Å². The fourth-order valence-electron chi connectivity index (χ4n) is 0.781. The average molecular weight is 154 g/mol. The van der Waals surface area contributed by atoms with Crippen LogP contribution in [0.4, 0.5) is 0 Å². The molecule has 0 aromatic carbocycles. The highest BCUT2D eigenvalue weighted by molar-refractivity contribution is 5.73. The van der Waals surface area contributed by atoms with E-state index in [1.807, 2.05) is 6.92 Å².